The Hall–Kier alpha value is -0.850. The van der Waals surface area contributed by atoms with Crippen LogP contribution in [0.15, 0.2) is 0 Å². The first-order chi connectivity index (χ1) is 10.1. The van der Waals surface area contributed by atoms with Gasteiger partial charge in [-0.15, -0.1) is 0 Å². The summed E-state index contributed by atoms with van der Waals surface area (Å²) in [6.45, 7) is 12.3. The van der Waals surface area contributed by atoms with Crippen LogP contribution in [-0.4, -0.2) is 50.8 Å². The molecule has 0 radical (unpaired) electrons. The van der Waals surface area contributed by atoms with E-state index in [1.165, 1.54) is 0 Å². The van der Waals surface area contributed by atoms with E-state index in [1.807, 2.05) is 27.7 Å². The third kappa shape index (κ3) is 9.97. The maximum atomic E-state index is 11.8. The molecule has 0 aliphatic heterocycles. The third-order valence-corrected chi connectivity index (χ3v) is 3.02. The van der Waals surface area contributed by atoms with Crippen molar-refractivity contribution in [3.8, 4) is 0 Å². The van der Waals surface area contributed by atoms with Gasteiger partial charge < -0.3 is 24.8 Å². The van der Waals surface area contributed by atoms with Crippen LogP contribution >= 0.6 is 0 Å². The van der Waals surface area contributed by atoms with Crippen LogP contribution in [-0.2, 0) is 14.2 Å². The SMILES string of the molecule is COC(OC)C(C)NC(CNC(=O)OC(C)(C)C)CC(C)C. The number of carbonyl (C=O) groups is 1. The van der Waals surface area contributed by atoms with Gasteiger partial charge in [-0.25, -0.2) is 4.79 Å². The molecule has 0 aromatic carbocycles. The molecule has 0 aromatic rings. The zero-order chi connectivity index (χ0) is 17.3. The third-order valence-electron chi connectivity index (χ3n) is 3.02. The molecular formula is C16H34N2O4. The first-order valence-electron chi connectivity index (χ1n) is 7.87. The largest absolute Gasteiger partial charge is 0.444 e. The van der Waals surface area contributed by atoms with Crippen molar-refractivity contribution in [2.45, 2.75) is 71.9 Å². The van der Waals surface area contributed by atoms with Gasteiger partial charge >= 0.3 is 6.09 Å². The van der Waals surface area contributed by atoms with Crippen LogP contribution in [0.25, 0.3) is 0 Å². The monoisotopic (exact) mass is 318 g/mol. The van der Waals surface area contributed by atoms with E-state index in [-0.39, 0.29) is 18.4 Å². The summed E-state index contributed by atoms with van der Waals surface area (Å²) in [6, 6.07) is 0.134. The lowest BCUT2D eigenvalue weighted by Crippen LogP contribution is -2.50. The Morgan fingerprint density at radius 3 is 2.05 bits per heavy atom. The fourth-order valence-corrected chi connectivity index (χ4v) is 2.25. The number of hydrogen-bond donors (Lipinski definition) is 2. The number of amides is 1. The fraction of sp³-hybridized carbons (Fsp3) is 0.938. The quantitative estimate of drug-likeness (QED) is 0.639. The average molecular weight is 318 g/mol. The lowest BCUT2D eigenvalue weighted by atomic mass is 10.0. The first kappa shape index (κ1) is 21.1. The Kier molecular flexibility index (Phi) is 9.64. The van der Waals surface area contributed by atoms with Gasteiger partial charge in [0.2, 0.25) is 0 Å². The lowest BCUT2D eigenvalue weighted by Gasteiger charge is -2.29. The molecule has 0 aliphatic carbocycles. The first-order valence-corrected chi connectivity index (χ1v) is 7.87. The summed E-state index contributed by atoms with van der Waals surface area (Å²) >= 11 is 0. The number of hydrogen-bond acceptors (Lipinski definition) is 5. The topological polar surface area (TPSA) is 68.8 Å². The summed E-state index contributed by atoms with van der Waals surface area (Å²) in [4.78, 5) is 11.8. The molecule has 2 N–H and O–H groups in total. The molecule has 0 rings (SSSR count). The molecule has 2 atom stereocenters. The zero-order valence-corrected chi connectivity index (χ0v) is 15.4. The Morgan fingerprint density at radius 2 is 1.64 bits per heavy atom. The molecule has 1 amide bonds. The second-order valence-corrected chi connectivity index (χ2v) is 7.00. The summed E-state index contributed by atoms with van der Waals surface area (Å²) in [6.07, 6.45) is 0.210. The van der Waals surface area contributed by atoms with E-state index in [2.05, 4.69) is 24.5 Å². The minimum Gasteiger partial charge on any atom is -0.444 e. The summed E-state index contributed by atoms with van der Waals surface area (Å²) in [5.74, 6) is 0.508. The van der Waals surface area contributed by atoms with E-state index in [0.717, 1.165) is 6.42 Å². The predicted molar refractivity (Wildman–Crippen MR) is 87.9 cm³/mol. The number of rotatable bonds is 9. The van der Waals surface area contributed by atoms with E-state index in [0.29, 0.717) is 12.5 Å². The molecule has 0 fully saturated rings. The van der Waals surface area contributed by atoms with Crippen molar-refractivity contribution in [3.63, 3.8) is 0 Å². The number of methoxy groups -OCH3 is 2. The van der Waals surface area contributed by atoms with Gasteiger partial charge in [0.15, 0.2) is 6.29 Å². The van der Waals surface area contributed by atoms with Crippen LogP contribution in [0.4, 0.5) is 4.79 Å². The maximum Gasteiger partial charge on any atom is 0.407 e. The lowest BCUT2D eigenvalue weighted by molar-refractivity contribution is -0.121. The van der Waals surface area contributed by atoms with Gasteiger partial charge in [0.25, 0.3) is 0 Å². The van der Waals surface area contributed by atoms with Gasteiger partial charge in [-0.05, 0) is 40.0 Å². The number of nitrogens with one attached hydrogen (secondary N) is 2. The molecule has 0 aliphatic rings. The van der Waals surface area contributed by atoms with Gasteiger partial charge in [-0.1, -0.05) is 13.8 Å². The molecule has 0 saturated carbocycles. The van der Waals surface area contributed by atoms with Crippen molar-refractivity contribution in [3.05, 3.63) is 0 Å². The molecule has 22 heavy (non-hydrogen) atoms. The van der Waals surface area contributed by atoms with E-state index in [9.17, 15) is 4.79 Å². The predicted octanol–water partition coefficient (Wildman–Crippen LogP) is 2.52. The Bertz CT molecular complexity index is 312. The molecule has 6 nitrogen and oxygen atoms in total. The van der Waals surface area contributed by atoms with E-state index >= 15 is 0 Å². The second kappa shape index (κ2) is 10.0. The molecule has 0 aromatic heterocycles. The van der Waals surface area contributed by atoms with Crippen molar-refractivity contribution in [2.75, 3.05) is 20.8 Å². The molecular weight excluding hydrogens is 284 g/mol. The minimum absolute atomic E-state index is 0.0131. The molecule has 0 saturated heterocycles. The zero-order valence-electron chi connectivity index (χ0n) is 15.4. The van der Waals surface area contributed by atoms with Gasteiger partial charge in [0.1, 0.15) is 5.60 Å². The molecule has 132 valence electrons. The number of ether oxygens (including phenoxy) is 3. The van der Waals surface area contributed by atoms with Crippen LogP contribution in [0.1, 0.15) is 48.0 Å². The molecule has 0 heterocycles. The van der Waals surface area contributed by atoms with Crippen molar-refractivity contribution in [2.24, 2.45) is 5.92 Å². The van der Waals surface area contributed by atoms with Crippen molar-refractivity contribution in [1.82, 2.24) is 10.6 Å². The highest BCUT2D eigenvalue weighted by atomic mass is 16.7. The molecule has 0 spiro atoms. The molecule has 2 unspecified atom stereocenters. The van der Waals surface area contributed by atoms with Gasteiger partial charge in [0, 0.05) is 26.8 Å². The average Bonchev–Trinajstić information content (AvgIpc) is 2.34. The van der Waals surface area contributed by atoms with Crippen LogP contribution in [0.3, 0.4) is 0 Å². The number of carbonyl (C=O) groups excluding carboxylic acids is 1. The minimum atomic E-state index is -0.491. The van der Waals surface area contributed by atoms with Crippen LogP contribution in [0, 0.1) is 5.92 Å². The van der Waals surface area contributed by atoms with Crippen molar-refractivity contribution < 1.29 is 19.0 Å². The summed E-state index contributed by atoms with van der Waals surface area (Å²) in [5, 5.41) is 6.27. The van der Waals surface area contributed by atoms with Crippen molar-refractivity contribution >= 4 is 6.09 Å². The molecule has 0 bridgehead atoms. The van der Waals surface area contributed by atoms with E-state index in [4.69, 9.17) is 14.2 Å². The second-order valence-electron chi connectivity index (χ2n) is 7.00. The van der Waals surface area contributed by atoms with E-state index < -0.39 is 11.7 Å². The summed E-state index contributed by atoms with van der Waals surface area (Å²) < 4.78 is 15.8. The van der Waals surface area contributed by atoms with Crippen molar-refractivity contribution in [1.29, 1.82) is 0 Å². The van der Waals surface area contributed by atoms with E-state index in [1.54, 1.807) is 14.2 Å². The highest BCUT2D eigenvalue weighted by Gasteiger charge is 2.22. The standard InChI is InChI=1S/C16H34N2O4/c1-11(2)9-13(18-12(3)14(20-7)21-8)10-17-15(19)22-16(4,5)6/h11-14,18H,9-10H2,1-8H3,(H,17,19). The Labute approximate surface area is 135 Å². The highest BCUT2D eigenvalue weighted by Crippen LogP contribution is 2.09. The van der Waals surface area contributed by atoms with Crippen LogP contribution in [0.2, 0.25) is 0 Å². The smallest absolute Gasteiger partial charge is 0.407 e. The van der Waals surface area contributed by atoms with Crippen LogP contribution in [0.5, 0.6) is 0 Å². The van der Waals surface area contributed by atoms with Gasteiger partial charge in [-0.3, -0.25) is 0 Å². The van der Waals surface area contributed by atoms with Gasteiger partial charge in [-0.2, -0.15) is 0 Å². The Morgan fingerprint density at radius 1 is 1.09 bits per heavy atom. The molecule has 6 heteroatoms. The summed E-state index contributed by atoms with van der Waals surface area (Å²) in [7, 11) is 3.23. The summed E-state index contributed by atoms with van der Waals surface area (Å²) in [5.41, 5.74) is -0.491. The maximum absolute atomic E-state index is 11.8. The Balaban J connectivity index is 4.49. The normalized spacial score (nSPS) is 15.0. The highest BCUT2D eigenvalue weighted by molar-refractivity contribution is 5.67. The number of alkyl carbamates (subject to hydrolysis) is 1. The fourth-order valence-electron chi connectivity index (χ4n) is 2.25. The van der Waals surface area contributed by atoms with Crippen LogP contribution < -0.4 is 10.6 Å². The van der Waals surface area contributed by atoms with Gasteiger partial charge in [0.05, 0.1) is 6.04 Å².